The summed E-state index contributed by atoms with van der Waals surface area (Å²) in [5.74, 6) is 1.22. The van der Waals surface area contributed by atoms with Crippen LogP contribution in [0.1, 0.15) is 12.7 Å². The Labute approximate surface area is 143 Å². The highest BCUT2D eigenvalue weighted by Crippen LogP contribution is 2.28. The summed E-state index contributed by atoms with van der Waals surface area (Å²) in [5, 5.41) is 15.7. The maximum atomic E-state index is 5.92. The lowest BCUT2D eigenvalue weighted by atomic mass is 10.1. The normalized spacial score (nSPS) is 12.0. The summed E-state index contributed by atoms with van der Waals surface area (Å²) >= 11 is 5.71. The first-order valence-electron chi connectivity index (χ1n) is 7.42. The van der Waals surface area contributed by atoms with Crippen molar-refractivity contribution in [3.63, 3.8) is 0 Å². The van der Waals surface area contributed by atoms with E-state index in [1.807, 2.05) is 31.2 Å². The molecule has 1 N–H and O–H groups in total. The fourth-order valence-corrected chi connectivity index (χ4v) is 2.64. The second-order valence-electron chi connectivity index (χ2n) is 5.36. The Morgan fingerprint density at radius 2 is 1.92 bits per heavy atom. The molecular formula is C18H13ClN4O. The Balaban J connectivity index is 1.69. The second kappa shape index (κ2) is 5.94. The summed E-state index contributed by atoms with van der Waals surface area (Å²) in [6, 6.07) is 17.6. The molecule has 4 rings (SSSR count). The fraction of sp³-hybridized carbons (Fsp3) is 0.0556. The van der Waals surface area contributed by atoms with E-state index in [1.54, 1.807) is 12.1 Å². The Kier molecular flexibility index (Phi) is 3.63. The number of anilines is 1. The van der Waals surface area contributed by atoms with E-state index in [1.165, 1.54) is 5.39 Å². The van der Waals surface area contributed by atoms with Gasteiger partial charge in [0, 0.05) is 5.39 Å². The van der Waals surface area contributed by atoms with E-state index in [9.17, 15) is 0 Å². The van der Waals surface area contributed by atoms with Crippen LogP contribution in [-0.2, 0) is 0 Å². The van der Waals surface area contributed by atoms with Crippen molar-refractivity contribution in [3.05, 3.63) is 65.5 Å². The van der Waals surface area contributed by atoms with E-state index in [0.717, 1.165) is 16.4 Å². The predicted octanol–water partition coefficient (Wildman–Crippen LogP) is 4.87. The average Bonchev–Trinajstić information content (AvgIpc) is 3.06. The molecule has 0 saturated carbocycles. The zero-order valence-electron chi connectivity index (χ0n) is 12.8. The molecule has 2 heterocycles. The number of furan rings is 1. The summed E-state index contributed by atoms with van der Waals surface area (Å²) in [7, 11) is 0. The van der Waals surface area contributed by atoms with Gasteiger partial charge in [0.2, 0.25) is 0 Å². The van der Waals surface area contributed by atoms with Crippen molar-refractivity contribution >= 4 is 44.9 Å². The minimum absolute atomic E-state index is 0.338. The number of nitrogens with zero attached hydrogens (tertiary/aromatic N) is 3. The molecule has 4 aromatic rings. The van der Waals surface area contributed by atoms with Gasteiger partial charge < -0.3 is 4.42 Å². The first-order chi connectivity index (χ1) is 11.7. The molecule has 0 aliphatic rings. The summed E-state index contributed by atoms with van der Waals surface area (Å²) in [6.07, 6.45) is 0. The lowest BCUT2D eigenvalue weighted by Crippen LogP contribution is -2.00. The van der Waals surface area contributed by atoms with Crippen LogP contribution in [0.2, 0.25) is 5.15 Å². The molecule has 5 nitrogen and oxygen atoms in total. The molecule has 0 atom stereocenters. The molecule has 0 saturated heterocycles. The third kappa shape index (κ3) is 2.70. The van der Waals surface area contributed by atoms with Crippen molar-refractivity contribution in [2.45, 2.75) is 6.92 Å². The quantitative estimate of drug-likeness (QED) is 0.428. The number of halogens is 1. The zero-order chi connectivity index (χ0) is 16.5. The van der Waals surface area contributed by atoms with Gasteiger partial charge in [-0.05, 0) is 42.0 Å². The topological polar surface area (TPSA) is 63.3 Å². The fourth-order valence-electron chi connectivity index (χ4n) is 2.54. The molecule has 0 unspecified atom stereocenters. The highest BCUT2D eigenvalue weighted by atomic mass is 35.5. The van der Waals surface area contributed by atoms with Gasteiger partial charge in [-0.25, -0.2) is 0 Å². The minimum Gasteiger partial charge on any atom is -0.455 e. The molecule has 118 valence electrons. The van der Waals surface area contributed by atoms with E-state index >= 15 is 0 Å². The summed E-state index contributed by atoms with van der Waals surface area (Å²) in [4.78, 5) is 0. The van der Waals surface area contributed by atoms with E-state index in [2.05, 4.69) is 38.9 Å². The third-order valence-electron chi connectivity index (χ3n) is 3.75. The minimum atomic E-state index is 0.338. The van der Waals surface area contributed by atoms with Crippen LogP contribution in [-0.4, -0.2) is 15.9 Å². The van der Waals surface area contributed by atoms with Gasteiger partial charge in [-0.15, -0.1) is 10.2 Å². The maximum absolute atomic E-state index is 5.92. The van der Waals surface area contributed by atoms with E-state index < -0.39 is 0 Å². The zero-order valence-corrected chi connectivity index (χ0v) is 13.6. The highest BCUT2D eigenvalue weighted by Gasteiger charge is 2.09. The van der Waals surface area contributed by atoms with Crippen molar-refractivity contribution < 1.29 is 4.42 Å². The van der Waals surface area contributed by atoms with Gasteiger partial charge in [0.25, 0.3) is 0 Å². The lowest BCUT2D eigenvalue weighted by molar-refractivity contribution is 0.604. The van der Waals surface area contributed by atoms with E-state index in [0.29, 0.717) is 22.4 Å². The molecule has 0 aliphatic carbocycles. The molecule has 0 spiro atoms. The van der Waals surface area contributed by atoms with Gasteiger partial charge in [0.05, 0.1) is 0 Å². The predicted molar refractivity (Wildman–Crippen MR) is 96.6 cm³/mol. The molecule has 2 aromatic carbocycles. The van der Waals surface area contributed by atoms with Gasteiger partial charge in [-0.1, -0.05) is 41.9 Å². The number of hydrazone groups is 1. The van der Waals surface area contributed by atoms with Crippen LogP contribution in [0.4, 0.5) is 5.82 Å². The second-order valence-corrected chi connectivity index (χ2v) is 5.75. The SMILES string of the molecule is CC(=NNc1ccc(Cl)nn1)c1cc2c(ccc3ccccc32)o1. The third-order valence-corrected chi connectivity index (χ3v) is 3.95. The molecule has 0 bridgehead atoms. The first-order valence-corrected chi connectivity index (χ1v) is 7.80. The number of benzene rings is 2. The van der Waals surface area contributed by atoms with Crippen LogP contribution >= 0.6 is 11.6 Å². The Hall–Kier alpha value is -2.92. The summed E-state index contributed by atoms with van der Waals surface area (Å²) < 4.78 is 5.92. The van der Waals surface area contributed by atoms with Crippen molar-refractivity contribution in [1.29, 1.82) is 0 Å². The standard InChI is InChI=1S/C18H13ClN4O/c1-11(20-22-18-9-8-17(19)21-23-18)16-10-14-13-5-3-2-4-12(13)6-7-15(14)24-16/h2-10H,1H3,(H,22,23). The molecule has 6 heteroatoms. The van der Waals surface area contributed by atoms with Crippen molar-refractivity contribution in [3.8, 4) is 0 Å². The van der Waals surface area contributed by atoms with Crippen LogP contribution in [0.5, 0.6) is 0 Å². The van der Waals surface area contributed by atoms with Crippen molar-refractivity contribution in [2.24, 2.45) is 5.10 Å². The summed E-state index contributed by atoms with van der Waals surface area (Å²) in [6.45, 7) is 1.87. The summed E-state index contributed by atoms with van der Waals surface area (Å²) in [5.41, 5.74) is 4.40. The molecule has 0 amide bonds. The van der Waals surface area contributed by atoms with Gasteiger partial charge in [0.15, 0.2) is 16.7 Å². The number of hydrogen-bond acceptors (Lipinski definition) is 5. The van der Waals surface area contributed by atoms with Gasteiger partial charge in [-0.3, -0.25) is 5.43 Å². The van der Waals surface area contributed by atoms with Gasteiger partial charge in [0.1, 0.15) is 11.3 Å². The molecule has 0 radical (unpaired) electrons. The van der Waals surface area contributed by atoms with Crippen LogP contribution < -0.4 is 5.43 Å². The monoisotopic (exact) mass is 336 g/mol. The van der Waals surface area contributed by atoms with Crippen LogP contribution in [0.3, 0.4) is 0 Å². The molecule has 0 fully saturated rings. The van der Waals surface area contributed by atoms with Crippen LogP contribution in [0, 0.1) is 0 Å². The maximum Gasteiger partial charge on any atom is 0.168 e. The molecule has 2 aromatic heterocycles. The van der Waals surface area contributed by atoms with E-state index in [4.69, 9.17) is 16.0 Å². The number of fused-ring (bicyclic) bond motifs is 3. The number of hydrogen-bond donors (Lipinski definition) is 1. The molecular weight excluding hydrogens is 324 g/mol. The number of nitrogens with one attached hydrogen (secondary N) is 1. The van der Waals surface area contributed by atoms with E-state index in [-0.39, 0.29) is 0 Å². The largest absolute Gasteiger partial charge is 0.455 e. The average molecular weight is 337 g/mol. The number of aromatic nitrogens is 2. The first kappa shape index (κ1) is 14.7. The van der Waals surface area contributed by atoms with Gasteiger partial charge >= 0.3 is 0 Å². The smallest absolute Gasteiger partial charge is 0.168 e. The van der Waals surface area contributed by atoms with Crippen LogP contribution in [0.25, 0.3) is 21.7 Å². The number of rotatable bonds is 3. The highest BCUT2D eigenvalue weighted by molar-refractivity contribution is 6.29. The van der Waals surface area contributed by atoms with Crippen molar-refractivity contribution in [1.82, 2.24) is 10.2 Å². The Bertz CT molecular complexity index is 1050. The Morgan fingerprint density at radius 3 is 2.75 bits per heavy atom. The Morgan fingerprint density at radius 1 is 1.04 bits per heavy atom. The molecule has 24 heavy (non-hydrogen) atoms. The van der Waals surface area contributed by atoms with Crippen LogP contribution in [0.15, 0.2) is 64.1 Å². The lowest BCUT2D eigenvalue weighted by Gasteiger charge is -1.99. The van der Waals surface area contributed by atoms with Gasteiger partial charge in [-0.2, -0.15) is 5.10 Å². The molecule has 0 aliphatic heterocycles. The van der Waals surface area contributed by atoms with Crippen molar-refractivity contribution in [2.75, 3.05) is 5.43 Å².